The molecule has 0 aliphatic heterocycles. The Balaban J connectivity index is 3.16. The summed E-state index contributed by atoms with van der Waals surface area (Å²) in [5.41, 5.74) is 0. The summed E-state index contributed by atoms with van der Waals surface area (Å²) in [5, 5.41) is 11.1. The molecule has 1 atom stereocenters. The van der Waals surface area contributed by atoms with Crippen molar-refractivity contribution in [3.63, 3.8) is 0 Å². The predicted molar refractivity (Wildman–Crippen MR) is 31.7 cm³/mol. The molecule has 1 unspecified atom stereocenters. The highest BCUT2D eigenvalue weighted by Crippen LogP contribution is 1.77. The molecule has 0 aromatic heterocycles. The van der Waals surface area contributed by atoms with E-state index in [2.05, 4.69) is 10.1 Å². The van der Waals surface area contributed by atoms with E-state index < -0.39 is 6.29 Å². The molecule has 0 aliphatic rings. The molecular weight excluding hydrogens is 122 g/mol. The highest BCUT2D eigenvalue weighted by atomic mass is 16.6. The number of methoxy groups -OCH3 is 1. The zero-order valence-electron chi connectivity index (χ0n) is 5.55. The molecule has 0 spiro atoms. The van der Waals surface area contributed by atoms with Crippen LogP contribution in [-0.2, 0) is 9.53 Å². The van der Waals surface area contributed by atoms with Crippen LogP contribution in [0.5, 0.6) is 0 Å². The van der Waals surface area contributed by atoms with E-state index in [0.29, 0.717) is 0 Å². The van der Waals surface area contributed by atoms with Crippen molar-refractivity contribution in [3.05, 3.63) is 0 Å². The lowest BCUT2D eigenvalue weighted by Crippen LogP contribution is -2.31. The first-order valence-electron chi connectivity index (χ1n) is 2.62. The van der Waals surface area contributed by atoms with Crippen LogP contribution < -0.4 is 5.32 Å². The second-order valence-corrected chi connectivity index (χ2v) is 1.63. The van der Waals surface area contributed by atoms with Crippen molar-refractivity contribution in [1.29, 1.82) is 0 Å². The maximum absolute atomic E-state index is 10.2. The quantitative estimate of drug-likeness (QED) is 0.490. The lowest BCUT2D eigenvalue weighted by atomic mass is 10.6. The van der Waals surface area contributed by atoms with E-state index in [1.807, 2.05) is 0 Å². The Kier molecular flexibility index (Phi) is 4.00. The average molecular weight is 133 g/mol. The molecule has 9 heavy (non-hydrogen) atoms. The van der Waals surface area contributed by atoms with Gasteiger partial charge in [0.1, 0.15) is 0 Å². The summed E-state index contributed by atoms with van der Waals surface area (Å²) < 4.78 is 4.44. The molecule has 1 amide bonds. The van der Waals surface area contributed by atoms with Gasteiger partial charge in [-0.2, -0.15) is 0 Å². The van der Waals surface area contributed by atoms with Gasteiger partial charge in [0.05, 0.1) is 6.54 Å². The van der Waals surface area contributed by atoms with Gasteiger partial charge < -0.3 is 15.2 Å². The number of rotatable bonds is 3. The van der Waals surface area contributed by atoms with Gasteiger partial charge in [-0.25, -0.2) is 0 Å². The summed E-state index contributed by atoms with van der Waals surface area (Å²) >= 11 is 0. The number of hydrogen-bond acceptors (Lipinski definition) is 3. The smallest absolute Gasteiger partial charge is 0.217 e. The van der Waals surface area contributed by atoms with Crippen molar-refractivity contribution in [2.24, 2.45) is 0 Å². The Hall–Kier alpha value is -0.610. The second kappa shape index (κ2) is 4.29. The molecule has 0 aromatic rings. The minimum Gasteiger partial charge on any atom is -0.366 e. The SMILES string of the molecule is COC(O)CNC(C)=O. The van der Waals surface area contributed by atoms with E-state index in [1.54, 1.807) is 0 Å². The van der Waals surface area contributed by atoms with Crippen molar-refractivity contribution in [1.82, 2.24) is 5.32 Å². The minimum absolute atomic E-state index is 0.145. The van der Waals surface area contributed by atoms with Gasteiger partial charge in [0.25, 0.3) is 0 Å². The number of ether oxygens (including phenoxy) is 1. The number of carbonyl (C=O) groups excluding carboxylic acids is 1. The van der Waals surface area contributed by atoms with Crippen LogP contribution >= 0.6 is 0 Å². The molecule has 0 heterocycles. The zero-order chi connectivity index (χ0) is 7.28. The summed E-state index contributed by atoms with van der Waals surface area (Å²) in [6.45, 7) is 1.52. The van der Waals surface area contributed by atoms with E-state index >= 15 is 0 Å². The molecule has 4 heteroatoms. The fraction of sp³-hybridized carbons (Fsp3) is 0.800. The van der Waals surface area contributed by atoms with Crippen LogP contribution in [0.4, 0.5) is 0 Å². The Morgan fingerprint density at radius 3 is 2.78 bits per heavy atom. The van der Waals surface area contributed by atoms with Gasteiger partial charge in [-0.15, -0.1) is 0 Å². The number of carbonyl (C=O) groups is 1. The predicted octanol–water partition coefficient (Wildman–Crippen LogP) is -0.913. The fourth-order valence-corrected chi connectivity index (χ4v) is 0.314. The summed E-state index contributed by atoms with van der Waals surface area (Å²) in [6.07, 6.45) is -0.895. The van der Waals surface area contributed by atoms with Crippen LogP contribution in [0.3, 0.4) is 0 Å². The third-order valence-corrected chi connectivity index (χ3v) is 0.798. The van der Waals surface area contributed by atoms with Crippen LogP contribution in [0.1, 0.15) is 6.92 Å². The number of aliphatic hydroxyl groups excluding tert-OH is 1. The first-order valence-corrected chi connectivity index (χ1v) is 2.62. The van der Waals surface area contributed by atoms with E-state index in [-0.39, 0.29) is 12.5 Å². The van der Waals surface area contributed by atoms with Crippen LogP contribution in [-0.4, -0.2) is 31.0 Å². The van der Waals surface area contributed by atoms with E-state index in [0.717, 1.165) is 0 Å². The normalized spacial score (nSPS) is 12.8. The van der Waals surface area contributed by atoms with Gasteiger partial charge in [-0.3, -0.25) is 4.79 Å². The number of nitrogens with one attached hydrogen (secondary N) is 1. The van der Waals surface area contributed by atoms with Crippen LogP contribution in [0.15, 0.2) is 0 Å². The highest BCUT2D eigenvalue weighted by molar-refractivity contribution is 5.72. The summed E-state index contributed by atoms with van der Waals surface area (Å²) in [5.74, 6) is -0.175. The van der Waals surface area contributed by atoms with E-state index in [9.17, 15) is 4.79 Å². The largest absolute Gasteiger partial charge is 0.366 e. The summed E-state index contributed by atoms with van der Waals surface area (Å²) in [6, 6.07) is 0. The molecule has 0 aromatic carbocycles. The number of amides is 1. The lowest BCUT2D eigenvalue weighted by Gasteiger charge is -2.07. The molecular formula is C5H11NO3. The van der Waals surface area contributed by atoms with Gasteiger partial charge in [0.2, 0.25) is 5.91 Å². The van der Waals surface area contributed by atoms with Crippen LogP contribution in [0.25, 0.3) is 0 Å². The van der Waals surface area contributed by atoms with Gasteiger partial charge >= 0.3 is 0 Å². The van der Waals surface area contributed by atoms with Crippen molar-refractivity contribution < 1.29 is 14.6 Å². The first kappa shape index (κ1) is 8.39. The molecule has 4 nitrogen and oxygen atoms in total. The molecule has 0 saturated carbocycles. The maximum Gasteiger partial charge on any atom is 0.217 e. The number of aliphatic hydroxyl groups is 1. The standard InChI is InChI=1S/C5H11NO3/c1-4(7)6-3-5(8)9-2/h5,8H,3H2,1-2H3,(H,6,7). The molecule has 0 bridgehead atoms. The van der Waals surface area contributed by atoms with E-state index in [4.69, 9.17) is 5.11 Å². The van der Waals surface area contributed by atoms with Crippen molar-refractivity contribution in [2.75, 3.05) is 13.7 Å². The van der Waals surface area contributed by atoms with Crippen molar-refractivity contribution >= 4 is 5.91 Å². The van der Waals surface area contributed by atoms with Gasteiger partial charge in [-0.05, 0) is 0 Å². The van der Waals surface area contributed by atoms with Crippen LogP contribution in [0, 0.1) is 0 Å². The lowest BCUT2D eigenvalue weighted by molar-refractivity contribution is -0.122. The topological polar surface area (TPSA) is 58.6 Å². The fourth-order valence-electron chi connectivity index (χ4n) is 0.314. The monoisotopic (exact) mass is 133 g/mol. The molecule has 0 saturated heterocycles. The second-order valence-electron chi connectivity index (χ2n) is 1.63. The average Bonchev–Trinajstić information content (AvgIpc) is 1.83. The molecule has 0 rings (SSSR count). The third-order valence-electron chi connectivity index (χ3n) is 0.798. The Bertz CT molecular complexity index is 94.2. The first-order chi connectivity index (χ1) is 4.16. The molecule has 2 N–H and O–H groups in total. The third kappa shape index (κ3) is 5.26. The zero-order valence-corrected chi connectivity index (χ0v) is 5.55. The Morgan fingerprint density at radius 2 is 2.44 bits per heavy atom. The van der Waals surface area contributed by atoms with E-state index in [1.165, 1.54) is 14.0 Å². The summed E-state index contributed by atoms with van der Waals surface area (Å²) in [7, 11) is 1.37. The van der Waals surface area contributed by atoms with Gasteiger partial charge in [-0.1, -0.05) is 0 Å². The highest BCUT2D eigenvalue weighted by Gasteiger charge is 1.99. The van der Waals surface area contributed by atoms with Crippen molar-refractivity contribution in [3.8, 4) is 0 Å². The Labute approximate surface area is 53.8 Å². The Morgan fingerprint density at radius 1 is 1.89 bits per heavy atom. The molecule has 0 radical (unpaired) electrons. The molecule has 0 fully saturated rings. The minimum atomic E-state index is -0.895. The van der Waals surface area contributed by atoms with Gasteiger partial charge in [0.15, 0.2) is 6.29 Å². The van der Waals surface area contributed by atoms with Crippen LogP contribution in [0.2, 0.25) is 0 Å². The van der Waals surface area contributed by atoms with Gasteiger partial charge in [0, 0.05) is 14.0 Å². The molecule has 0 aliphatic carbocycles. The summed E-state index contributed by atoms with van der Waals surface area (Å²) in [4.78, 5) is 10.2. The maximum atomic E-state index is 10.2. The van der Waals surface area contributed by atoms with Crippen molar-refractivity contribution in [2.45, 2.75) is 13.2 Å². The molecule has 54 valence electrons. The number of hydrogen-bond donors (Lipinski definition) is 2.